The fourth-order valence-electron chi connectivity index (χ4n) is 2.64. The second-order valence-corrected chi connectivity index (χ2v) is 6.66. The number of quaternary nitrogens is 1. The van der Waals surface area contributed by atoms with Gasteiger partial charge in [-0.2, -0.15) is 0 Å². The van der Waals surface area contributed by atoms with E-state index in [9.17, 15) is 0 Å². The lowest BCUT2D eigenvalue weighted by molar-refractivity contribution is -0.847. The minimum absolute atomic E-state index is 1.10. The third-order valence-electron chi connectivity index (χ3n) is 4.30. The Kier molecular flexibility index (Phi) is 17.3. The van der Waals surface area contributed by atoms with E-state index in [1.165, 1.54) is 77.5 Å². The van der Waals surface area contributed by atoms with E-state index in [-0.39, 0.29) is 0 Å². The van der Waals surface area contributed by atoms with E-state index in [4.69, 9.17) is 0 Å². The fourth-order valence-corrected chi connectivity index (χ4v) is 2.64. The lowest BCUT2D eigenvalue weighted by Gasteiger charge is -2.19. The summed E-state index contributed by atoms with van der Waals surface area (Å²) in [5.41, 5.74) is 0. The zero-order valence-corrected chi connectivity index (χ0v) is 16.4. The van der Waals surface area contributed by atoms with E-state index >= 15 is 0 Å². The van der Waals surface area contributed by atoms with Crippen molar-refractivity contribution in [3.05, 3.63) is 24.4 Å². The Morgan fingerprint density at radius 1 is 0.696 bits per heavy atom. The van der Waals surface area contributed by atoms with Gasteiger partial charge in [-0.3, -0.25) is 4.90 Å². The molecule has 0 fully saturated rings. The van der Waals surface area contributed by atoms with E-state index < -0.39 is 0 Å². The summed E-state index contributed by atoms with van der Waals surface area (Å²) in [6.45, 7) is 15.3. The maximum atomic E-state index is 2.59. The van der Waals surface area contributed by atoms with Crippen LogP contribution in [0.4, 0.5) is 0 Å². The van der Waals surface area contributed by atoms with Crippen molar-refractivity contribution < 1.29 is 4.90 Å². The average molecular weight is 324 g/mol. The quantitative estimate of drug-likeness (QED) is 0.413. The Labute approximate surface area is 146 Å². The summed E-state index contributed by atoms with van der Waals surface area (Å²) in [6.07, 6.45) is 19.7. The number of hydrogen-bond donors (Lipinski definition) is 1. The first kappa shape index (κ1) is 22.4. The van der Waals surface area contributed by atoms with E-state index in [0.29, 0.717) is 0 Å². The first-order valence-electron chi connectivity index (χ1n) is 10.2. The van der Waals surface area contributed by atoms with Crippen molar-refractivity contribution in [1.29, 1.82) is 0 Å². The Bertz CT molecular complexity index is 268. The first-order valence-corrected chi connectivity index (χ1v) is 10.2. The Hall–Kier alpha value is -0.600. The summed E-state index contributed by atoms with van der Waals surface area (Å²) in [7, 11) is 0. The average Bonchev–Trinajstić information content (AvgIpc) is 2.57. The van der Waals surface area contributed by atoms with Crippen molar-refractivity contribution in [2.75, 3.05) is 32.7 Å². The maximum Gasteiger partial charge on any atom is 0.0941 e. The molecule has 0 spiro atoms. The van der Waals surface area contributed by atoms with Crippen molar-refractivity contribution in [2.24, 2.45) is 0 Å². The SMILES string of the molecule is CCCCN(C/C=C/C=C/[NH+](CCCC)CCCC)CCCC. The van der Waals surface area contributed by atoms with E-state index in [0.717, 1.165) is 6.54 Å². The molecule has 0 saturated heterocycles. The lowest BCUT2D eigenvalue weighted by atomic mass is 10.2. The molecule has 0 radical (unpaired) electrons. The van der Waals surface area contributed by atoms with Crippen LogP contribution in [0, 0.1) is 0 Å². The van der Waals surface area contributed by atoms with Crippen molar-refractivity contribution in [3.8, 4) is 0 Å². The molecule has 0 amide bonds. The predicted octanol–water partition coefficient (Wildman–Crippen LogP) is 4.44. The van der Waals surface area contributed by atoms with Crippen LogP contribution in [0.3, 0.4) is 0 Å². The molecule has 2 nitrogen and oxygen atoms in total. The monoisotopic (exact) mass is 323 g/mol. The Morgan fingerprint density at radius 3 is 1.70 bits per heavy atom. The Balaban J connectivity index is 4.19. The lowest BCUT2D eigenvalue weighted by Crippen LogP contribution is -3.07. The molecule has 0 saturated carbocycles. The highest BCUT2D eigenvalue weighted by Crippen LogP contribution is 1.99. The molecule has 0 aliphatic heterocycles. The molecule has 1 N–H and O–H groups in total. The summed E-state index contributed by atoms with van der Waals surface area (Å²) < 4.78 is 0. The number of unbranched alkanes of at least 4 members (excludes halogenated alkanes) is 4. The smallest absolute Gasteiger partial charge is 0.0941 e. The highest BCUT2D eigenvalue weighted by molar-refractivity contribution is 5.00. The topological polar surface area (TPSA) is 7.68 Å². The van der Waals surface area contributed by atoms with Gasteiger partial charge in [-0.1, -0.05) is 65.5 Å². The van der Waals surface area contributed by atoms with Crippen LogP contribution in [-0.2, 0) is 0 Å². The largest absolute Gasteiger partial charge is 0.309 e. The van der Waals surface area contributed by atoms with Gasteiger partial charge >= 0.3 is 0 Å². The highest BCUT2D eigenvalue weighted by Gasteiger charge is 2.02. The van der Waals surface area contributed by atoms with Crippen LogP contribution in [0.15, 0.2) is 24.4 Å². The summed E-state index contributed by atoms with van der Waals surface area (Å²) >= 11 is 0. The van der Waals surface area contributed by atoms with Gasteiger partial charge in [0.1, 0.15) is 0 Å². The highest BCUT2D eigenvalue weighted by atomic mass is 15.1. The third-order valence-corrected chi connectivity index (χ3v) is 4.30. The molecular formula is C21H43N2+. The molecule has 0 heterocycles. The number of allylic oxidation sites excluding steroid dienone is 2. The number of hydrogen-bond acceptors (Lipinski definition) is 1. The molecule has 136 valence electrons. The van der Waals surface area contributed by atoms with Gasteiger partial charge in [0.25, 0.3) is 0 Å². The summed E-state index contributed by atoms with van der Waals surface area (Å²) in [6, 6.07) is 0. The van der Waals surface area contributed by atoms with Crippen LogP contribution < -0.4 is 4.90 Å². The zero-order valence-electron chi connectivity index (χ0n) is 16.4. The van der Waals surface area contributed by atoms with Crippen LogP contribution in [0.2, 0.25) is 0 Å². The summed E-state index contributed by atoms with van der Waals surface area (Å²) in [4.78, 5) is 4.23. The van der Waals surface area contributed by atoms with Gasteiger partial charge in [0.15, 0.2) is 0 Å². The standard InChI is InChI=1S/C21H42N2/c1-5-9-16-22(17-10-6-2)20-14-13-15-21-23(18-11-7-3)19-12-8-4/h13-15,20H,5-12,16-19,21H2,1-4H3/p+1/b15-13+,20-14+. The van der Waals surface area contributed by atoms with Crippen LogP contribution in [0.5, 0.6) is 0 Å². The number of nitrogens with zero attached hydrogens (tertiary/aromatic N) is 1. The van der Waals surface area contributed by atoms with Crippen LogP contribution in [0.1, 0.15) is 79.1 Å². The predicted molar refractivity (Wildman–Crippen MR) is 105 cm³/mol. The van der Waals surface area contributed by atoms with Gasteiger partial charge in [-0.15, -0.1) is 0 Å². The van der Waals surface area contributed by atoms with Crippen LogP contribution in [-0.4, -0.2) is 37.6 Å². The zero-order chi connectivity index (χ0) is 17.2. The number of nitrogens with one attached hydrogen (secondary N) is 1. The van der Waals surface area contributed by atoms with E-state index in [2.05, 4.69) is 57.0 Å². The van der Waals surface area contributed by atoms with Gasteiger partial charge in [0, 0.05) is 6.54 Å². The van der Waals surface area contributed by atoms with Gasteiger partial charge in [0.2, 0.25) is 0 Å². The van der Waals surface area contributed by atoms with Gasteiger partial charge < -0.3 is 4.90 Å². The van der Waals surface area contributed by atoms with Gasteiger partial charge in [0.05, 0.1) is 19.3 Å². The van der Waals surface area contributed by atoms with Crippen molar-refractivity contribution in [3.63, 3.8) is 0 Å². The fraction of sp³-hybridized carbons (Fsp3) is 0.810. The molecule has 0 rings (SSSR count). The normalized spacial score (nSPS) is 12.4. The van der Waals surface area contributed by atoms with Crippen molar-refractivity contribution in [2.45, 2.75) is 79.1 Å². The molecule has 0 aliphatic carbocycles. The molecule has 0 unspecified atom stereocenters. The maximum absolute atomic E-state index is 2.59. The van der Waals surface area contributed by atoms with Crippen molar-refractivity contribution >= 4 is 0 Å². The molecule has 0 aromatic rings. The summed E-state index contributed by atoms with van der Waals surface area (Å²) in [5, 5.41) is 0. The first-order chi connectivity index (χ1) is 11.3. The van der Waals surface area contributed by atoms with Gasteiger partial charge in [-0.05, 0) is 44.8 Å². The van der Waals surface area contributed by atoms with E-state index in [1.54, 1.807) is 4.90 Å². The minimum Gasteiger partial charge on any atom is -0.309 e. The van der Waals surface area contributed by atoms with Crippen LogP contribution in [0.25, 0.3) is 0 Å². The third kappa shape index (κ3) is 14.7. The second-order valence-electron chi connectivity index (χ2n) is 6.66. The molecule has 2 heteroatoms. The molecule has 0 aromatic carbocycles. The molecule has 0 atom stereocenters. The van der Waals surface area contributed by atoms with Gasteiger partial charge in [-0.25, -0.2) is 0 Å². The molecule has 0 bridgehead atoms. The second kappa shape index (κ2) is 17.7. The molecule has 23 heavy (non-hydrogen) atoms. The van der Waals surface area contributed by atoms with Crippen LogP contribution >= 0.6 is 0 Å². The summed E-state index contributed by atoms with van der Waals surface area (Å²) in [5.74, 6) is 0. The molecule has 0 aromatic heterocycles. The molecular weight excluding hydrogens is 280 g/mol. The van der Waals surface area contributed by atoms with Crippen molar-refractivity contribution in [1.82, 2.24) is 4.90 Å². The molecule has 0 aliphatic rings. The Morgan fingerprint density at radius 2 is 1.22 bits per heavy atom. The minimum atomic E-state index is 1.10. The number of rotatable bonds is 16. The van der Waals surface area contributed by atoms with E-state index in [1.807, 2.05) is 0 Å².